The third-order valence-corrected chi connectivity index (χ3v) is 9.93. The van der Waals surface area contributed by atoms with Crippen LogP contribution >= 0.6 is 7.82 Å². The first-order chi connectivity index (χ1) is 24.8. The number of allylic oxidation sites excluding steroid dienone is 3. The molecule has 0 saturated heterocycles. The number of unbranched alkanes of at least 4 members (excludes halogenated alkanes) is 25. The predicted molar refractivity (Wildman–Crippen MR) is 211 cm³/mol. The van der Waals surface area contributed by atoms with E-state index in [1.165, 1.54) is 147 Å². The van der Waals surface area contributed by atoms with Crippen LogP contribution in [-0.2, 0) is 32.7 Å². The van der Waals surface area contributed by atoms with Crippen LogP contribution in [0.4, 0.5) is 0 Å². The lowest BCUT2D eigenvalue weighted by Gasteiger charge is -2.19. The number of nitrogens with two attached hydrogens (primary N) is 1. The summed E-state index contributed by atoms with van der Waals surface area (Å²) in [7, 11) is -4.39. The van der Waals surface area contributed by atoms with Gasteiger partial charge in [0.05, 0.1) is 13.2 Å². The molecule has 2 atom stereocenters. The van der Waals surface area contributed by atoms with Crippen molar-refractivity contribution in [1.29, 1.82) is 0 Å². The summed E-state index contributed by atoms with van der Waals surface area (Å²) in [4.78, 5) is 34.7. The fraction of sp³-hybridized carbons (Fsp3) is 0.854. The van der Waals surface area contributed by atoms with E-state index in [1.807, 2.05) is 12.2 Å². The van der Waals surface area contributed by atoms with Gasteiger partial charge in [-0.15, -0.1) is 0 Å². The van der Waals surface area contributed by atoms with Crippen LogP contribution in [-0.4, -0.2) is 49.3 Å². The van der Waals surface area contributed by atoms with Gasteiger partial charge < -0.3 is 20.1 Å². The smallest absolute Gasteiger partial charge is 0.462 e. The second-order valence-electron chi connectivity index (χ2n) is 13.9. The Morgan fingerprint density at radius 1 is 0.627 bits per heavy atom. The molecule has 0 amide bonds. The lowest BCUT2D eigenvalue weighted by molar-refractivity contribution is -0.157. The van der Waals surface area contributed by atoms with Crippen molar-refractivity contribution in [1.82, 2.24) is 0 Å². The summed E-state index contributed by atoms with van der Waals surface area (Å²) < 4.78 is 32.5. The van der Waals surface area contributed by atoms with Gasteiger partial charge in [-0.1, -0.05) is 186 Å². The number of phosphoric ester groups is 1. The van der Waals surface area contributed by atoms with Gasteiger partial charge in [0.25, 0.3) is 0 Å². The predicted octanol–water partition coefficient (Wildman–Crippen LogP) is 11.6. The number of rotatable bonds is 39. The highest BCUT2D eigenvalue weighted by atomic mass is 31.2. The summed E-state index contributed by atoms with van der Waals surface area (Å²) in [6.07, 6.45) is 39.8. The largest absolute Gasteiger partial charge is 0.472 e. The van der Waals surface area contributed by atoms with E-state index < -0.39 is 32.5 Å². The van der Waals surface area contributed by atoms with Gasteiger partial charge in [0, 0.05) is 19.0 Å². The molecular weight excluding hydrogens is 665 g/mol. The zero-order valence-corrected chi connectivity index (χ0v) is 33.7. The van der Waals surface area contributed by atoms with E-state index in [0.29, 0.717) is 0 Å². The number of esters is 2. The average molecular weight is 744 g/mol. The normalized spacial score (nSPS) is 13.6. The van der Waals surface area contributed by atoms with Crippen LogP contribution in [0.15, 0.2) is 24.3 Å². The summed E-state index contributed by atoms with van der Waals surface area (Å²) in [5, 5.41) is 0. The van der Waals surface area contributed by atoms with Gasteiger partial charge in [0.15, 0.2) is 6.10 Å². The fourth-order valence-electron chi connectivity index (χ4n) is 5.84. The standard InChI is InChI=1S/C41H78NO8P/c1-3-5-7-9-11-13-15-17-19-21-23-25-27-29-31-33-40(43)47-37-39(38-49-51(45,46)48-36-35-42)50-41(44)34-32-30-28-26-24-22-20-18-16-14-12-10-8-6-4-2/h28,30,32,34,39H,3-27,29,31,33,35-38,42H2,1-2H3,(H,45,46)/t39-/m1/s1. The second-order valence-corrected chi connectivity index (χ2v) is 15.4. The van der Waals surface area contributed by atoms with E-state index >= 15 is 0 Å². The van der Waals surface area contributed by atoms with E-state index in [2.05, 4.69) is 13.8 Å². The Bertz CT molecular complexity index is 897. The molecule has 0 aromatic heterocycles. The molecule has 9 nitrogen and oxygen atoms in total. The van der Waals surface area contributed by atoms with E-state index in [1.54, 1.807) is 6.08 Å². The molecular formula is C41H78NO8P. The van der Waals surface area contributed by atoms with Crippen molar-refractivity contribution in [3.05, 3.63) is 24.3 Å². The molecule has 0 aromatic rings. The van der Waals surface area contributed by atoms with Crippen LogP contribution in [0.25, 0.3) is 0 Å². The first kappa shape index (κ1) is 49.5. The van der Waals surface area contributed by atoms with E-state index in [4.69, 9.17) is 24.3 Å². The minimum atomic E-state index is -4.39. The quantitative estimate of drug-likeness (QED) is 0.0207. The topological polar surface area (TPSA) is 134 Å². The van der Waals surface area contributed by atoms with Crippen LogP contribution in [0.5, 0.6) is 0 Å². The van der Waals surface area contributed by atoms with Crippen LogP contribution in [0, 0.1) is 0 Å². The Balaban J connectivity index is 4.25. The molecule has 300 valence electrons. The van der Waals surface area contributed by atoms with Gasteiger partial charge >= 0.3 is 19.8 Å². The zero-order valence-electron chi connectivity index (χ0n) is 32.8. The highest BCUT2D eigenvalue weighted by Crippen LogP contribution is 2.43. The Labute approximate surface area is 312 Å². The molecule has 0 aliphatic carbocycles. The minimum absolute atomic E-state index is 0.0425. The summed E-state index contributed by atoms with van der Waals surface area (Å²) in [5.74, 6) is -1.07. The van der Waals surface area contributed by atoms with Crippen molar-refractivity contribution in [3.8, 4) is 0 Å². The molecule has 0 saturated carbocycles. The Morgan fingerprint density at radius 2 is 1.08 bits per heavy atom. The minimum Gasteiger partial charge on any atom is -0.462 e. The van der Waals surface area contributed by atoms with Crippen molar-refractivity contribution in [2.45, 2.75) is 200 Å². The monoisotopic (exact) mass is 744 g/mol. The summed E-state index contributed by atoms with van der Waals surface area (Å²) >= 11 is 0. The lowest BCUT2D eigenvalue weighted by atomic mass is 10.0. The number of hydrogen-bond donors (Lipinski definition) is 2. The fourth-order valence-corrected chi connectivity index (χ4v) is 6.60. The number of ether oxygens (including phenoxy) is 2. The summed E-state index contributed by atoms with van der Waals surface area (Å²) in [6, 6.07) is 0. The Kier molecular flexibility index (Phi) is 37.1. The second kappa shape index (κ2) is 38.2. The molecule has 1 unspecified atom stereocenters. The highest BCUT2D eigenvalue weighted by Gasteiger charge is 2.25. The molecule has 51 heavy (non-hydrogen) atoms. The molecule has 3 N–H and O–H groups in total. The molecule has 0 radical (unpaired) electrons. The molecule has 0 aliphatic rings. The van der Waals surface area contributed by atoms with Crippen molar-refractivity contribution >= 4 is 19.8 Å². The highest BCUT2D eigenvalue weighted by molar-refractivity contribution is 7.47. The summed E-state index contributed by atoms with van der Waals surface area (Å²) in [5.41, 5.74) is 5.33. The van der Waals surface area contributed by atoms with E-state index in [0.717, 1.165) is 32.1 Å². The number of carbonyl (C=O) groups excluding carboxylic acids is 2. The van der Waals surface area contributed by atoms with E-state index in [-0.39, 0.29) is 26.2 Å². The third kappa shape index (κ3) is 38.0. The first-order valence-electron chi connectivity index (χ1n) is 20.9. The molecule has 0 bridgehead atoms. The number of hydrogen-bond acceptors (Lipinski definition) is 8. The van der Waals surface area contributed by atoms with Gasteiger partial charge in [-0.3, -0.25) is 13.8 Å². The molecule has 0 aliphatic heterocycles. The molecule has 0 heterocycles. The van der Waals surface area contributed by atoms with Crippen LogP contribution in [0.2, 0.25) is 0 Å². The molecule has 0 rings (SSSR count). The lowest BCUT2D eigenvalue weighted by Crippen LogP contribution is -2.29. The number of phosphoric acid groups is 1. The van der Waals surface area contributed by atoms with Crippen LogP contribution in [0.1, 0.15) is 194 Å². The maximum atomic E-state index is 12.4. The maximum absolute atomic E-state index is 12.4. The van der Waals surface area contributed by atoms with Crippen molar-refractivity contribution in [2.75, 3.05) is 26.4 Å². The van der Waals surface area contributed by atoms with Crippen molar-refractivity contribution in [2.24, 2.45) is 5.73 Å². The van der Waals surface area contributed by atoms with Gasteiger partial charge in [-0.2, -0.15) is 0 Å². The number of carbonyl (C=O) groups is 2. The molecule has 10 heteroatoms. The average Bonchev–Trinajstić information content (AvgIpc) is 3.11. The summed E-state index contributed by atoms with van der Waals surface area (Å²) in [6.45, 7) is 3.62. The van der Waals surface area contributed by atoms with Gasteiger partial charge in [0.1, 0.15) is 6.61 Å². The third-order valence-electron chi connectivity index (χ3n) is 8.95. The van der Waals surface area contributed by atoms with Gasteiger partial charge in [-0.25, -0.2) is 9.36 Å². The maximum Gasteiger partial charge on any atom is 0.472 e. The van der Waals surface area contributed by atoms with Crippen LogP contribution < -0.4 is 5.73 Å². The zero-order chi connectivity index (χ0) is 37.5. The molecule has 0 fully saturated rings. The Morgan fingerprint density at radius 3 is 1.55 bits per heavy atom. The van der Waals surface area contributed by atoms with Gasteiger partial charge in [0.2, 0.25) is 0 Å². The van der Waals surface area contributed by atoms with Crippen LogP contribution in [0.3, 0.4) is 0 Å². The van der Waals surface area contributed by atoms with E-state index in [9.17, 15) is 19.0 Å². The van der Waals surface area contributed by atoms with Gasteiger partial charge in [-0.05, 0) is 19.3 Å². The first-order valence-corrected chi connectivity index (χ1v) is 22.4. The SMILES string of the molecule is CCCCCCCCCCCCCC=CC=CC(=O)O[C@H](COC(=O)CCCCCCCCCCCCCCCCC)COP(=O)(O)OCCN. The van der Waals surface area contributed by atoms with Crippen molar-refractivity contribution < 1.29 is 37.6 Å². The Hall–Kier alpha value is -1.51. The molecule has 0 aromatic carbocycles. The van der Waals surface area contributed by atoms with Crippen molar-refractivity contribution in [3.63, 3.8) is 0 Å². The molecule has 0 spiro atoms.